The second kappa shape index (κ2) is 9.37. The highest BCUT2D eigenvalue weighted by molar-refractivity contribution is 7.17. The minimum atomic E-state index is -0.943. The molecule has 0 saturated heterocycles. The van der Waals surface area contributed by atoms with Gasteiger partial charge in [0, 0.05) is 0 Å². The molecule has 1 aromatic heterocycles. The molecule has 0 atom stereocenters. The molecule has 2 aromatic carbocycles. The molecule has 3 aromatic rings. The van der Waals surface area contributed by atoms with Crippen LogP contribution in [0.3, 0.4) is 0 Å². The molecule has 0 saturated carbocycles. The Hall–Kier alpha value is -2.86. The van der Waals surface area contributed by atoms with Gasteiger partial charge in [0.15, 0.2) is 0 Å². The fourth-order valence-corrected chi connectivity index (χ4v) is 3.80. The summed E-state index contributed by atoms with van der Waals surface area (Å²) < 4.78 is 11.6. The first-order chi connectivity index (χ1) is 13.6. The lowest BCUT2D eigenvalue weighted by Gasteiger charge is -2.11. The molecule has 0 unspecified atom stereocenters. The number of thiazole rings is 1. The number of ether oxygens (including phenoxy) is 2. The summed E-state index contributed by atoms with van der Waals surface area (Å²) in [6.45, 7) is 4.81. The van der Waals surface area contributed by atoms with Crippen LogP contribution < -0.4 is 9.47 Å². The van der Waals surface area contributed by atoms with Crippen molar-refractivity contribution >= 4 is 17.3 Å². The van der Waals surface area contributed by atoms with Gasteiger partial charge in [-0.2, -0.15) is 0 Å². The zero-order valence-corrected chi connectivity index (χ0v) is 16.8. The van der Waals surface area contributed by atoms with Gasteiger partial charge in [0.05, 0.1) is 11.3 Å². The highest BCUT2D eigenvalue weighted by Crippen LogP contribution is 2.34. The van der Waals surface area contributed by atoms with Crippen molar-refractivity contribution in [1.82, 2.24) is 4.98 Å². The summed E-state index contributed by atoms with van der Waals surface area (Å²) >= 11 is 1.18. The number of benzene rings is 2. The third-order valence-corrected chi connectivity index (χ3v) is 5.40. The van der Waals surface area contributed by atoms with Crippen LogP contribution in [-0.4, -0.2) is 29.3 Å². The third kappa shape index (κ3) is 4.70. The summed E-state index contributed by atoms with van der Waals surface area (Å²) in [5.74, 6) is 0.537. The maximum atomic E-state index is 11.4. The summed E-state index contributed by atoms with van der Waals surface area (Å²) in [5.41, 5.74) is 2.66. The molecule has 0 spiro atoms. The molecule has 0 aliphatic heterocycles. The van der Waals surface area contributed by atoms with Crippen molar-refractivity contribution in [3.8, 4) is 22.1 Å². The number of hydrogen-bond donors (Lipinski definition) is 1. The first kappa shape index (κ1) is 19.9. The summed E-state index contributed by atoms with van der Waals surface area (Å²) in [7, 11) is 0. The minimum Gasteiger partial charge on any atom is -0.490 e. The quantitative estimate of drug-likeness (QED) is 0.509. The van der Waals surface area contributed by atoms with Gasteiger partial charge >= 0.3 is 5.97 Å². The maximum Gasteiger partial charge on any atom is 0.347 e. The number of carboxylic acid groups (broad SMARTS) is 1. The highest BCUT2D eigenvalue weighted by Gasteiger charge is 2.18. The van der Waals surface area contributed by atoms with Crippen LogP contribution in [0.15, 0.2) is 48.5 Å². The third-order valence-electron chi connectivity index (χ3n) is 4.29. The summed E-state index contributed by atoms with van der Waals surface area (Å²) in [6, 6.07) is 15.6. The number of aromatic nitrogens is 1. The molecular formula is C22H23NO4S. The van der Waals surface area contributed by atoms with Crippen LogP contribution in [0.1, 0.15) is 34.8 Å². The normalized spacial score (nSPS) is 10.6. The van der Waals surface area contributed by atoms with Crippen LogP contribution in [-0.2, 0) is 12.8 Å². The van der Waals surface area contributed by atoms with E-state index < -0.39 is 5.97 Å². The predicted octanol–water partition coefficient (Wildman–Crippen LogP) is 5.09. The first-order valence-electron chi connectivity index (χ1n) is 9.29. The van der Waals surface area contributed by atoms with Crippen LogP contribution in [0.5, 0.6) is 11.5 Å². The van der Waals surface area contributed by atoms with Crippen LogP contribution in [0.2, 0.25) is 0 Å². The van der Waals surface area contributed by atoms with E-state index in [-0.39, 0.29) is 4.88 Å². The van der Waals surface area contributed by atoms with Crippen molar-refractivity contribution in [2.75, 3.05) is 13.2 Å². The molecule has 146 valence electrons. The molecule has 1 N–H and O–H groups in total. The molecule has 1 heterocycles. The molecule has 3 rings (SSSR count). The lowest BCUT2D eigenvalue weighted by molar-refractivity contribution is 0.0701. The van der Waals surface area contributed by atoms with E-state index in [1.54, 1.807) is 0 Å². The van der Waals surface area contributed by atoms with E-state index in [1.807, 2.05) is 43.3 Å². The lowest BCUT2D eigenvalue weighted by Crippen LogP contribution is -2.09. The van der Waals surface area contributed by atoms with Crippen molar-refractivity contribution in [3.05, 3.63) is 64.7 Å². The first-order valence-corrected chi connectivity index (χ1v) is 10.1. The Morgan fingerprint density at radius 1 is 1.00 bits per heavy atom. The summed E-state index contributed by atoms with van der Waals surface area (Å²) in [4.78, 5) is 16.2. The van der Waals surface area contributed by atoms with Crippen molar-refractivity contribution in [3.63, 3.8) is 0 Å². The summed E-state index contributed by atoms with van der Waals surface area (Å²) in [5, 5.41) is 10.0. The topological polar surface area (TPSA) is 68.7 Å². The fraction of sp³-hybridized carbons (Fsp3) is 0.273. The standard InChI is InChI=1S/C22H23NO4S/c1-3-15-9-11-16(12-10-15)26-13-14-27-19-8-6-5-7-17(19)21-23-18(4-2)20(28-21)22(24)25/h5-12H,3-4,13-14H2,1-2H3,(H,24,25). The SMILES string of the molecule is CCc1ccc(OCCOc2ccccc2-c2nc(CC)c(C(=O)O)s2)cc1. The Bertz CT molecular complexity index is 934. The van der Waals surface area contributed by atoms with E-state index in [9.17, 15) is 9.90 Å². The van der Waals surface area contributed by atoms with Crippen molar-refractivity contribution < 1.29 is 19.4 Å². The Kier molecular flexibility index (Phi) is 6.66. The van der Waals surface area contributed by atoms with E-state index in [2.05, 4.69) is 24.0 Å². The van der Waals surface area contributed by atoms with Gasteiger partial charge in [-0.15, -0.1) is 11.3 Å². The molecule has 0 amide bonds. The second-order valence-corrected chi connectivity index (χ2v) is 7.14. The van der Waals surface area contributed by atoms with E-state index in [4.69, 9.17) is 9.47 Å². The lowest BCUT2D eigenvalue weighted by atomic mass is 10.2. The van der Waals surface area contributed by atoms with Crippen LogP contribution in [0.4, 0.5) is 0 Å². The average molecular weight is 397 g/mol. The smallest absolute Gasteiger partial charge is 0.347 e. The van der Waals surface area contributed by atoms with Crippen molar-refractivity contribution in [1.29, 1.82) is 0 Å². The maximum absolute atomic E-state index is 11.4. The predicted molar refractivity (Wildman–Crippen MR) is 111 cm³/mol. The van der Waals surface area contributed by atoms with E-state index in [0.29, 0.717) is 36.1 Å². The molecule has 5 nitrogen and oxygen atoms in total. The number of hydrogen-bond acceptors (Lipinski definition) is 5. The van der Waals surface area contributed by atoms with Gasteiger partial charge < -0.3 is 14.6 Å². The number of carbonyl (C=O) groups is 1. The number of aromatic carboxylic acids is 1. The van der Waals surface area contributed by atoms with Gasteiger partial charge in [-0.1, -0.05) is 38.1 Å². The second-order valence-electron chi connectivity index (χ2n) is 6.14. The molecule has 0 fully saturated rings. The van der Waals surface area contributed by atoms with Crippen LogP contribution >= 0.6 is 11.3 Å². The largest absolute Gasteiger partial charge is 0.490 e. The Labute approximate surface area is 168 Å². The number of nitrogens with zero attached hydrogens (tertiary/aromatic N) is 1. The highest BCUT2D eigenvalue weighted by atomic mass is 32.1. The zero-order valence-electron chi connectivity index (χ0n) is 16.0. The van der Waals surface area contributed by atoms with Crippen molar-refractivity contribution in [2.45, 2.75) is 26.7 Å². The van der Waals surface area contributed by atoms with Crippen LogP contribution in [0.25, 0.3) is 10.6 Å². The van der Waals surface area contributed by atoms with Crippen LogP contribution in [0, 0.1) is 0 Å². The Morgan fingerprint density at radius 3 is 2.36 bits per heavy atom. The fourth-order valence-electron chi connectivity index (χ4n) is 2.78. The molecule has 0 bridgehead atoms. The minimum absolute atomic E-state index is 0.283. The van der Waals surface area contributed by atoms with Gasteiger partial charge in [-0.25, -0.2) is 9.78 Å². The van der Waals surface area contributed by atoms with E-state index in [1.165, 1.54) is 16.9 Å². The molecule has 28 heavy (non-hydrogen) atoms. The monoisotopic (exact) mass is 397 g/mol. The summed E-state index contributed by atoms with van der Waals surface area (Å²) in [6.07, 6.45) is 1.58. The zero-order chi connectivity index (χ0) is 19.9. The molecule has 0 radical (unpaired) electrons. The average Bonchev–Trinajstić information content (AvgIpc) is 3.16. The van der Waals surface area contributed by atoms with Gasteiger partial charge in [-0.3, -0.25) is 0 Å². The van der Waals surface area contributed by atoms with Gasteiger partial charge in [0.25, 0.3) is 0 Å². The van der Waals surface area contributed by atoms with E-state index in [0.717, 1.165) is 17.7 Å². The number of aryl methyl sites for hydroxylation is 2. The molecule has 6 heteroatoms. The molecule has 0 aliphatic rings. The number of rotatable bonds is 9. The Balaban J connectivity index is 1.66. The van der Waals surface area contributed by atoms with Crippen molar-refractivity contribution in [2.24, 2.45) is 0 Å². The molecule has 0 aliphatic carbocycles. The van der Waals surface area contributed by atoms with Gasteiger partial charge in [0.2, 0.25) is 0 Å². The number of para-hydroxylation sites is 1. The Morgan fingerprint density at radius 2 is 1.71 bits per heavy atom. The molecular weight excluding hydrogens is 374 g/mol. The van der Waals surface area contributed by atoms with Gasteiger partial charge in [0.1, 0.15) is 34.6 Å². The van der Waals surface area contributed by atoms with Gasteiger partial charge in [-0.05, 0) is 42.7 Å². The van der Waals surface area contributed by atoms with E-state index >= 15 is 0 Å². The number of carboxylic acids is 1.